The molecule has 0 radical (unpaired) electrons. The molecule has 1 saturated heterocycles. The van der Waals surface area contributed by atoms with E-state index in [0.29, 0.717) is 11.9 Å². The van der Waals surface area contributed by atoms with Crippen LogP contribution in [0.25, 0.3) is 0 Å². The van der Waals surface area contributed by atoms with Crippen LogP contribution in [0, 0.1) is 13.8 Å². The van der Waals surface area contributed by atoms with Crippen LogP contribution in [0.2, 0.25) is 0 Å². The lowest BCUT2D eigenvalue weighted by molar-refractivity contribution is 0.168. The normalized spacial score (nSPS) is 14.1. The number of aromatic amines is 1. The van der Waals surface area contributed by atoms with Gasteiger partial charge in [0.15, 0.2) is 0 Å². The average molecular weight is 859 g/mol. The van der Waals surface area contributed by atoms with Gasteiger partial charge in [0.2, 0.25) is 20.0 Å². The fourth-order valence-electron chi connectivity index (χ4n) is 5.74. The molecule has 0 amide bonds. The molecule has 1 fully saturated rings. The highest BCUT2D eigenvalue weighted by atomic mass is 32.2. The number of methoxy groups -OCH3 is 2. The second kappa shape index (κ2) is 21.2. The molecule has 0 saturated carbocycles. The number of ether oxygens (including phenoxy) is 3. The Balaban J connectivity index is 0.000000209. The second-order valence-electron chi connectivity index (χ2n) is 14.5. The number of nitrogens with one attached hydrogen (secondary N) is 1. The third-order valence-electron chi connectivity index (χ3n) is 9.30. The van der Waals surface area contributed by atoms with Gasteiger partial charge >= 0.3 is 0 Å². The Labute approximate surface area is 353 Å². The molecule has 60 heavy (non-hydrogen) atoms. The Morgan fingerprint density at radius 1 is 0.717 bits per heavy atom. The average Bonchev–Trinajstić information content (AvgIpc) is 3.60. The molecule has 0 unspecified atom stereocenters. The predicted octanol–water partition coefficient (Wildman–Crippen LogP) is 6.49. The van der Waals surface area contributed by atoms with Crippen LogP contribution >= 0.6 is 0 Å². The lowest BCUT2D eigenvalue weighted by Crippen LogP contribution is -2.30. The van der Waals surface area contributed by atoms with E-state index in [1.54, 1.807) is 21.1 Å². The van der Waals surface area contributed by atoms with E-state index in [4.69, 9.17) is 14.2 Å². The fourth-order valence-corrected chi connectivity index (χ4v) is 8.43. The van der Waals surface area contributed by atoms with E-state index >= 15 is 0 Å². The minimum atomic E-state index is -3.80. The molecule has 0 bridgehead atoms. The van der Waals surface area contributed by atoms with Gasteiger partial charge in [-0.15, -0.1) is 0 Å². The maximum atomic E-state index is 13.4. The number of hydrogen-bond acceptors (Lipinski definition) is 10. The van der Waals surface area contributed by atoms with E-state index in [1.165, 1.54) is 38.1 Å². The van der Waals surface area contributed by atoms with Crippen LogP contribution in [0.5, 0.6) is 11.5 Å². The molecular formula is C44H54N6O8S2. The van der Waals surface area contributed by atoms with Crippen LogP contribution in [-0.4, -0.2) is 83.6 Å². The molecule has 6 aromatic rings. The van der Waals surface area contributed by atoms with Crippen LogP contribution in [0.3, 0.4) is 0 Å². The summed E-state index contributed by atoms with van der Waals surface area (Å²) < 4.78 is 72.3. The molecule has 2 N–H and O–H groups in total. The van der Waals surface area contributed by atoms with Crippen LogP contribution in [0.15, 0.2) is 132 Å². The summed E-state index contributed by atoms with van der Waals surface area (Å²) in [6.07, 6.45) is 5.46. The fraction of sp³-hybridized carbons (Fsp3) is 0.318. The molecule has 4 aromatic carbocycles. The minimum Gasteiger partial charge on any atom is -0.497 e. The molecule has 16 heteroatoms. The lowest BCUT2D eigenvalue weighted by Gasteiger charge is -2.22. The zero-order valence-corrected chi connectivity index (χ0v) is 36.4. The number of aliphatic hydroxyl groups excluding tert-OH is 1. The number of aryl methyl sites for hydroxylation is 2. The minimum absolute atomic E-state index is 0.101. The number of aliphatic hydroxyl groups is 1. The molecule has 0 aliphatic carbocycles. The first-order valence-corrected chi connectivity index (χ1v) is 22.2. The third-order valence-corrected chi connectivity index (χ3v) is 12.8. The SMILES string of the molecule is COc1ccc(CN(Cc2ccc(C)cc2)S(=O)(=O)c2cn[nH]c2)cc1.COc1ccc(CN(Cc2ccc(C)cc2)S(=O)(=O)c2cnn(C[C@@H](C)O)c2)cc1.C[C@@H]1CO1. The lowest BCUT2D eigenvalue weighted by atomic mass is 10.1. The Bertz CT molecular complexity index is 2420. The zero-order valence-electron chi connectivity index (χ0n) is 34.8. The number of epoxide rings is 1. The number of nitrogens with zero attached hydrogens (tertiary/aromatic N) is 5. The molecular weight excluding hydrogens is 805 g/mol. The molecule has 14 nitrogen and oxygen atoms in total. The standard InChI is InChI=1S/C22H27N3O4S.C19H21N3O3S.C3H6O/c1-17-4-6-19(7-5-17)14-25(15-20-8-10-21(29-3)11-9-20)30(27,28)22-12-23-24(16-22)13-18(2)26;1-15-3-5-16(6-4-15)13-22(26(23,24)19-11-20-21-12-19)14-17-7-9-18(25-2)10-8-17;1-3-2-4-3/h4-12,16,18,26H,13-15H2,1-3H3;3-12H,13-14H2,1-2H3,(H,20,21);3H,2H2,1H3/t18-;;3-/m1.1/s1. The highest BCUT2D eigenvalue weighted by Crippen LogP contribution is 2.24. The molecule has 1 aliphatic rings. The van der Waals surface area contributed by atoms with Gasteiger partial charge in [-0.1, -0.05) is 83.9 Å². The zero-order chi connectivity index (χ0) is 43.3. The topological polar surface area (TPSA) is 172 Å². The monoisotopic (exact) mass is 858 g/mol. The van der Waals surface area contributed by atoms with Gasteiger partial charge < -0.3 is 19.3 Å². The van der Waals surface area contributed by atoms with Gasteiger partial charge in [0.05, 0.1) is 52.0 Å². The maximum Gasteiger partial charge on any atom is 0.246 e. The van der Waals surface area contributed by atoms with Crippen molar-refractivity contribution in [3.05, 3.63) is 155 Å². The molecule has 2 atom stereocenters. The first-order chi connectivity index (χ1) is 28.7. The summed E-state index contributed by atoms with van der Waals surface area (Å²) in [4.78, 5) is 0.252. The number of rotatable bonds is 16. The highest BCUT2D eigenvalue weighted by molar-refractivity contribution is 7.89. The van der Waals surface area contributed by atoms with Crippen molar-refractivity contribution in [1.29, 1.82) is 0 Å². The Morgan fingerprint density at radius 3 is 1.43 bits per heavy atom. The highest BCUT2D eigenvalue weighted by Gasteiger charge is 2.28. The van der Waals surface area contributed by atoms with Gasteiger partial charge in [-0.05, 0) is 74.2 Å². The summed E-state index contributed by atoms with van der Waals surface area (Å²) >= 11 is 0. The summed E-state index contributed by atoms with van der Waals surface area (Å²) in [5.74, 6) is 1.45. The summed E-state index contributed by atoms with van der Waals surface area (Å²) in [5.41, 5.74) is 5.80. The van der Waals surface area contributed by atoms with Gasteiger partial charge in [-0.2, -0.15) is 18.8 Å². The molecule has 2 aromatic heterocycles. The van der Waals surface area contributed by atoms with Gasteiger partial charge in [-0.25, -0.2) is 16.8 Å². The number of hydrogen-bond donors (Lipinski definition) is 2. The van der Waals surface area contributed by atoms with Gasteiger partial charge in [0, 0.05) is 38.6 Å². The maximum absolute atomic E-state index is 13.4. The Hall–Kier alpha value is -5.36. The predicted molar refractivity (Wildman–Crippen MR) is 229 cm³/mol. The largest absolute Gasteiger partial charge is 0.497 e. The van der Waals surface area contributed by atoms with Gasteiger partial charge in [0.25, 0.3) is 0 Å². The van der Waals surface area contributed by atoms with E-state index < -0.39 is 26.2 Å². The summed E-state index contributed by atoms with van der Waals surface area (Å²) in [5, 5.41) is 20.0. The van der Waals surface area contributed by atoms with E-state index in [1.807, 2.05) is 111 Å². The van der Waals surface area contributed by atoms with Crippen molar-refractivity contribution >= 4 is 20.0 Å². The number of benzene rings is 4. The number of aromatic nitrogens is 4. The Morgan fingerprint density at radius 2 is 1.10 bits per heavy atom. The van der Waals surface area contributed by atoms with Crippen LogP contribution in [-0.2, 0) is 57.5 Å². The van der Waals surface area contributed by atoms with E-state index in [-0.39, 0.29) is 42.5 Å². The van der Waals surface area contributed by atoms with Crippen molar-refractivity contribution < 1.29 is 36.2 Å². The molecule has 320 valence electrons. The second-order valence-corrected chi connectivity index (χ2v) is 18.4. The van der Waals surface area contributed by atoms with Crippen molar-refractivity contribution in [2.24, 2.45) is 0 Å². The van der Waals surface area contributed by atoms with E-state index in [9.17, 15) is 21.9 Å². The smallest absolute Gasteiger partial charge is 0.246 e. The van der Waals surface area contributed by atoms with Gasteiger partial charge in [-0.3, -0.25) is 9.78 Å². The summed E-state index contributed by atoms with van der Waals surface area (Å²) in [7, 11) is -4.28. The van der Waals surface area contributed by atoms with E-state index in [2.05, 4.69) is 22.2 Å². The number of sulfonamides is 2. The first kappa shape index (κ1) is 45.7. The molecule has 7 rings (SSSR count). The quantitative estimate of drug-likeness (QED) is 0.103. The van der Waals surface area contributed by atoms with Crippen LogP contribution in [0.1, 0.15) is 47.2 Å². The van der Waals surface area contributed by atoms with Crippen LogP contribution < -0.4 is 9.47 Å². The van der Waals surface area contributed by atoms with Crippen molar-refractivity contribution in [3.63, 3.8) is 0 Å². The van der Waals surface area contributed by atoms with Gasteiger partial charge in [0.1, 0.15) is 21.3 Å². The number of H-pyrrole nitrogens is 1. The van der Waals surface area contributed by atoms with E-state index in [0.717, 1.165) is 45.7 Å². The molecule has 0 spiro atoms. The first-order valence-electron chi connectivity index (χ1n) is 19.3. The Kier molecular flexibility index (Phi) is 16.2. The van der Waals surface area contributed by atoms with Crippen molar-refractivity contribution in [1.82, 2.24) is 28.6 Å². The molecule has 1 aliphatic heterocycles. The molecule has 3 heterocycles. The van der Waals surface area contributed by atoms with Crippen molar-refractivity contribution in [2.75, 3.05) is 20.8 Å². The third kappa shape index (κ3) is 13.6. The van der Waals surface area contributed by atoms with Crippen molar-refractivity contribution in [2.45, 2.75) is 82.4 Å². The van der Waals surface area contributed by atoms with Crippen molar-refractivity contribution in [3.8, 4) is 11.5 Å². The van der Waals surface area contributed by atoms with Crippen LogP contribution in [0.4, 0.5) is 0 Å². The summed E-state index contributed by atoms with van der Waals surface area (Å²) in [6, 6.07) is 30.4. The summed E-state index contributed by atoms with van der Waals surface area (Å²) in [6.45, 7) is 9.87.